The summed E-state index contributed by atoms with van der Waals surface area (Å²) in [6.45, 7) is 0. The molecule has 0 amide bonds. The molecular weight excluding hydrogens is 412 g/mol. The van der Waals surface area contributed by atoms with Gasteiger partial charge in [0.2, 0.25) is 0 Å². The van der Waals surface area contributed by atoms with Crippen LogP contribution in [0.5, 0.6) is 0 Å². The molecule has 0 radical (unpaired) electrons. The summed E-state index contributed by atoms with van der Waals surface area (Å²) in [6, 6.07) is 3.62. The van der Waals surface area contributed by atoms with Crippen LogP contribution in [0.25, 0.3) is 11.1 Å². The molecule has 2 aromatic rings. The topological polar surface area (TPSA) is 57.5 Å². The van der Waals surface area contributed by atoms with Crippen molar-refractivity contribution in [3.8, 4) is 11.1 Å². The Kier molecular flexibility index (Phi) is 5.67. The van der Waals surface area contributed by atoms with E-state index in [0.29, 0.717) is 0 Å². The first-order valence-electron chi connectivity index (χ1n) is 5.89. The van der Waals surface area contributed by atoms with Crippen molar-refractivity contribution in [1.82, 2.24) is 0 Å². The first kappa shape index (κ1) is 18.6. The maximum Gasteiger partial charge on any atom is 0.337 e. The van der Waals surface area contributed by atoms with E-state index in [1.54, 1.807) is 0 Å². The Morgan fingerprint density at radius 1 is 0.957 bits per heavy atom. The summed E-state index contributed by atoms with van der Waals surface area (Å²) in [6.07, 6.45) is -2.13. The first-order valence-corrected chi connectivity index (χ1v) is 7.78. The van der Waals surface area contributed by atoms with Gasteiger partial charge < -0.3 is 10.2 Å². The second-order valence-corrected chi connectivity index (χ2v) is 6.28. The number of carbonyl (C=O) groups is 1. The molecule has 2 rings (SSSR count). The van der Waals surface area contributed by atoms with Crippen molar-refractivity contribution in [1.29, 1.82) is 0 Å². The molecule has 0 aromatic heterocycles. The van der Waals surface area contributed by atoms with Gasteiger partial charge in [0.25, 0.3) is 0 Å². The fraction of sp³-hybridized carbons (Fsp3) is 0.0714. The average Bonchev–Trinajstić information content (AvgIpc) is 2.50. The van der Waals surface area contributed by atoms with Crippen LogP contribution in [0.1, 0.15) is 11.7 Å². The quantitative estimate of drug-likeness (QED) is 0.484. The van der Waals surface area contributed by atoms with Crippen LogP contribution in [-0.2, 0) is 4.79 Å². The van der Waals surface area contributed by atoms with E-state index in [4.69, 9.17) is 63.1 Å². The van der Waals surface area contributed by atoms with Crippen LogP contribution in [0.3, 0.4) is 0 Å². The lowest BCUT2D eigenvalue weighted by molar-refractivity contribution is -0.147. The summed E-state index contributed by atoms with van der Waals surface area (Å²) < 4.78 is 14.1. The standard InChI is InChI=1S/C14H6Cl5FO3/c15-8-7(9(16)11(18)12(19)10(8)17)4-2-1-3-5(20)6(4)13(21)14(22)23/h1-3,13,21H,(H,22,23). The van der Waals surface area contributed by atoms with E-state index in [1.807, 2.05) is 0 Å². The van der Waals surface area contributed by atoms with E-state index in [0.717, 1.165) is 6.07 Å². The second kappa shape index (κ2) is 7.01. The zero-order chi connectivity index (χ0) is 17.5. The van der Waals surface area contributed by atoms with Crippen LogP contribution < -0.4 is 0 Å². The number of hydrogen-bond acceptors (Lipinski definition) is 2. The van der Waals surface area contributed by atoms with E-state index in [1.165, 1.54) is 12.1 Å². The maximum atomic E-state index is 14.1. The highest BCUT2D eigenvalue weighted by molar-refractivity contribution is 6.56. The van der Waals surface area contributed by atoms with E-state index in [2.05, 4.69) is 0 Å². The zero-order valence-corrected chi connectivity index (χ0v) is 14.7. The maximum absolute atomic E-state index is 14.1. The minimum Gasteiger partial charge on any atom is -0.479 e. The van der Waals surface area contributed by atoms with Crippen LogP contribution in [0.2, 0.25) is 25.1 Å². The number of rotatable bonds is 3. The van der Waals surface area contributed by atoms with Crippen LogP contribution >= 0.6 is 58.0 Å². The lowest BCUT2D eigenvalue weighted by atomic mass is 9.95. The number of aliphatic hydroxyl groups excluding tert-OH is 1. The largest absolute Gasteiger partial charge is 0.479 e. The molecule has 0 fully saturated rings. The molecule has 2 aromatic carbocycles. The Morgan fingerprint density at radius 3 is 1.91 bits per heavy atom. The molecule has 2 N–H and O–H groups in total. The van der Waals surface area contributed by atoms with Gasteiger partial charge in [0, 0.05) is 11.1 Å². The number of halogens is 6. The minimum atomic E-state index is -2.13. The fourth-order valence-electron chi connectivity index (χ4n) is 2.00. The van der Waals surface area contributed by atoms with Crippen LogP contribution in [0.15, 0.2) is 18.2 Å². The van der Waals surface area contributed by atoms with Crippen molar-refractivity contribution in [2.75, 3.05) is 0 Å². The van der Waals surface area contributed by atoms with Gasteiger partial charge in [-0.1, -0.05) is 70.1 Å². The summed E-state index contributed by atoms with van der Waals surface area (Å²) >= 11 is 30.0. The molecule has 0 aliphatic rings. The lowest BCUT2D eigenvalue weighted by Gasteiger charge is -2.18. The minimum absolute atomic E-state index is 0.0254. The van der Waals surface area contributed by atoms with Crippen molar-refractivity contribution in [3.63, 3.8) is 0 Å². The Labute approximate surface area is 155 Å². The number of carboxylic acids is 1. The summed E-state index contributed by atoms with van der Waals surface area (Å²) in [5.74, 6) is -2.60. The molecule has 1 unspecified atom stereocenters. The third-order valence-electron chi connectivity index (χ3n) is 3.04. The highest BCUT2D eigenvalue weighted by Crippen LogP contribution is 2.49. The summed E-state index contributed by atoms with van der Waals surface area (Å²) in [5, 5.41) is 18.1. The SMILES string of the molecule is O=C(O)C(O)c1c(F)cccc1-c1c(Cl)c(Cl)c(Cl)c(Cl)c1Cl. The predicted octanol–water partition coefficient (Wildman–Crippen LogP) is 5.88. The number of benzene rings is 2. The van der Waals surface area contributed by atoms with Gasteiger partial charge in [0.15, 0.2) is 6.10 Å². The van der Waals surface area contributed by atoms with Gasteiger partial charge in [-0.3, -0.25) is 0 Å². The molecule has 0 saturated carbocycles. The number of hydrogen-bond donors (Lipinski definition) is 2. The Bertz CT molecular complexity index is 780. The van der Waals surface area contributed by atoms with E-state index < -0.39 is 23.5 Å². The van der Waals surface area contributed by atoms with Crippen LogP contribution in [0.4, 0.5) is 4.39 Å². The summed E-state index contributed by atoms with van der Waals surface area (Å²) in [7, 11) is 0. The van der Waals surface area contributed by atoms with Crippen molar-refractivity contribution in [3.05, 3.63) is 54.7 Å². The molecule has 0 aliphatic heterocycles. The third-order valence-corrected chi connectivity index (χ3v) is 5.32. The van der Waals surface area contributed by atoms with Crippen molar-refractivity contribution in [2.45, 2.75) is 6.10 Å². The smallest absolute Gasteiger partial charge is 0.337 e. The van der Waals surface area contributed by atoms with E-state index in [9.17, 15) is 14.3 Å². The van der Waals surface area contributed by atoms with Crippen LogP contribution in [0, 0.1) is 5.82 Å². The van der Waals surface area contributed by atoms with E-state index in [-0.39, 0.29) is 36.2 Å². The average molecular weight is 418 g/mol. The fourth-order valence-corrected chi connectivity index (χ4v) is 3.34. The van der Waals surface area contributed by atoms with Gasteiger partial charge in [-0.2, -0.15) is 0 Å². The molecule has 23 heavy (non-hydrogen) atoms. The normalized spacial score (nSPS) is 12.3. The summed E-state index contributed by atoms with van der Waals surface area (Å²) in [5.41, 5.74) is -0.601. The molecule has 122 valence electrons. The lowest BCUT2D eigenvalue weighted by Crippen LogP contribution is -2.13. The van der Waals surface area contributed by atoms with Gasteiger partial charge in [-0.25, -0.2) is 9.18 Å². The molecular formula is C14H6Cl5FO3. The third kappa shape index (κ3) is 3.25. The number of aliphatic carboxylic acids is 1. The van der Waals surface area contributed by atoms with Gasteiger partial charge in [0.05, 0.1) is 25.1 Å². The monoisotopic (exact) mass is 416 g/mol. The highest BCUT2D eigenvalue weighted by Gasteiger charge is 2.28. The Morgan fingerprint density at radius 2 is 1.43 bits per heavy atom. The molecule has 0 heterocycles. The molecule has 0 spiro atoms. The van der Waals surface area contributed by atoms with Crippen LogP contribution in [-0.4, -0.2) is 16.2 Å². The number of aliphatic hydroxyl groups is 1. The molecule has 0 aliphatic carbocycles. The van der Waals surface area contributed by atoms with E-state index >= 15 is 0 Å². The van der Waals surface area contributed by atoms with Gasteiger partial charge in [-0.15, -0.1) is 0 Å². The van der Waals surface area contributed by atoms with Gasteiger partial charge >= 0.3 is 5.97 Å². The second-order valence-electron chi connectivity index (χ2n) is 4.39. The zero-order valence-electron chi connectivity index (χ0n) is 10.9. The Balaban J connectivity index is 2.89. The molecule has 0 saturated heterocycles. The Hall–Kier alpha value is -0.750. The van der Waals surface area contributed by atoms with Gasteiger partial charge in [-0.05, 0) is 11.6 Å². The molecule has 0 bridgehead atoms. The van der Waals surface area contributed by atoms with Crippen molar-refractivity contribution in [2.24, 2.45) is 0 Å². The van der Waals surface area contributed by atoms with Crippen molar-refractivity contribution < 1.29 is 19.4 Å². The molecule has 9 heteroatoms. The predicted molar refractivity (Wildman–Crippen MR) is 89.5 cm³/mol. The first-order chi connectivity index (χ1) is 10.7. The summed E-state index contributed by atoms with van der Waals surface area (Å²) in [4.78, 5) is 11.0. The highest BCUT2D eigenvalue weighted by atomic mass is 35.5. The van der Waals surface area contributed by atoms with Crippen molar-refractivity contribution >= 4 is 64.0 Å². The molecule has 3 nitrogen and oxygen atoms in total. The molecule has 1 atom stereocenters. The van der Waals surface area contributed by atoms with Gasteiger partial charge in [0.1, 0.15) is 5.82 Å². The number of carboxylic acid groups (broad SMARTS) is 1.